The minimum absolute atomic E-state index is 0.748. The first-order valence-corrected chi connectivity index (χ1v) is 6.54. The van der Waals surface area contributed by atoms with Crippen LogP contribution in [0.4, 0.5) is 0 Å². The van der Waals surface area contributed by atoms with Crippen molar-refractivity contribution < 1.29 is 8.42 Å². The highest BCUT2D eigenvalue weighted by atomic mass is 32.2. The monoisotopic (exact) mass is 223 g/mol. The van der Waals surface area contributed by atoms with Gasteiger partial charge in [-0.2, -0.15) is 0 Å². The van der Waals surface area contributed by atoms with Gasteiger partial charge in [0.25, 0.3) is 0 Å². The van der Waals surface area contributed by atoms with Crippen molar-refractivity contribution in [3.63, 3.8) is 0 Å². The third-order valence-corrected chi connectivity index (χ3v) is 3.57. The number of nitrogens with zero attached hydrogens (tertiary/aromatic N) is 1. The number of aromatic nitrogens is 1. The summed E-state index contributed by atoms with van der Waals surface area (Å²) in [6.45, 7) is 3.79. The van der Waals surface area contributed by atoms with Crippen molar-refractivity contribution >= 4 is 20.9 Å². The van der Waals surface area contributed by atoms with Crippen LogP contribution in [-0.4, -0.2) is 18.6 Å². The highest BCUT2D eigenvalue weighted by molar-refractivity contribution is 7.89. The molecule has 1 heterocycles. The standard InChI is InChI=1S/C11H13NO2S/c1-8-4-5-11-10(6-8)7-9(2)12(11)15(3,13)14/h4-7H,1-3H3. The van der Waals surface area contributed by atoms with Gasteiger partial charge in [-0.05, 0) is 32.0 Å². The Hall–Kier alpha value is -1.29. The predicted octanol–water partition coefficient (Wildman–Crippen LogP) is 2.07. The first kappa shape index (κ1) is 10.2. The van der Waals surface area contributed by atoms with Crippen LogP contribution in [0.25, 0.3) is 10.9 Å². The molecule has 0 N–H and O–H groups in total. The Balaban J connectivity index is 2.92. The molecule has 15 heavy (non-hydrogen) atoms. The summed E-state index contributed by atoms with van der Waals surface area (Å²) in [5.74, 6) is 0. The van der Waals surface area contributed by atoms with Gasteiger partial charge in [0.15, 0.2) is 0 Å². The minimum Gasteiger partial charge on any atom is -0.242 e. The largest absolute Gasteiger partial charge is 0.242 e. The molecule has 80 valence electrons. The lowest BCUT2D eigenvalue weighted by molar-refractivity contribution is 0.594. The Morgan fingerprint density at radius 3 is 2.40 bits per heavy atom. The normalized spacial score (nSPS) is 12.2. The maximum atomic E-state index is 11.6. The Kier molecular flexibility index (Phi) is 2.12. The van der Waals surface area contributed by atoms with Crippen molar-refractivity contribution in [3.8, 4) is 0 Å². The summed E-state index contributed by atoms with van der Waals surface area (Å²) in [5, 5.41) is 0.970. The lowest BCUT2D eigenvalue weighted by atomic mass is 10.2. The maximum Gasteiger partial charge on any atom is 0.236 e. The number of fused-ring (bicyclic) bond motifs is 1. The number of aryl methyl sites for hydroxylation is 2. The van der Waals surface area contributed by atoms with Crippen molar-refractivity contribution in [2.45, 2.75) is 13.8 Å². The van der Waals surface area contributed by atoms with Crippen LogP contribution in [0.2, 0.25) is 0 Å². The molecule has 3 nitrogen and oxygen atoms in total. The Bertz CT molecular complexity index is 623. The second-order valence-corrected chi connectivity index (χ2v) is 5.71. The zero-order chi connectivity index (χ0) is 11.2. The fourth-order valence-electron chi connectivity index (χ4n) is 1.89. The Morgan fingerprint density at radius 1 is 1.13 bits per heavy atom. The zero-order valence-corrected chi connectivity index (χ0v) is 9.80. The smallest absolute Gasteiger partial charge is 0.236 e. The average Bonchev–Trinajstić information content (AvgIpc) is 2.38. The van der Waals surface area contributed by atoms with Crippen molar-refractivity contribution in [1.29, 1.82) is 0 Å². The molecule has 0 aliphatic rings. The van der Waals surface area contributed by atoms with E-state index >= 15 is 0 Å². The molecule has 0 radical (unpaired) electrons. The fraction of sp³-hybridized carbons (Fsp3) is 0.273. The molecule has 0 aliphatic heterocycles. The third kappa shape index (κ3) is 1.65. The van der Waals surface area contributed by atoms with Gasteiger partial charge >= 0.3 is 0 Å². The number of rotatable bonds is 1. The molecular formula is C11H13NO2S. The zero-order valence-electron chi connectivity index (χ0n) is 8.98. The molecule has 0 saturated carbocycles. The number of benzene rings is 1. The third-order valence-electron chi connectivity index (χ3n) is 2.42. The van der Waals surface area contributed by atoms with E-state index in [-0.39, 0.29) is 0 Å². The molecule has 0 amide bonds. The van der Waals surface area contributed by atoms with E-state index in [4.69, 9.17) is 0 Å². The van der Waals surface area contributed by atoms with Crippen molar-refractivity contribution in [3.05, 3.63) is 35.5 Å². The molecule has 1 aromatic heterocycles. The van der Waals surface area contributed by atoms with E-state index in [0.29, 0.717) is 0 Å². The van der Waals surface area contributed by atoms with Crippen LogP contribution in [-0.2, 0) is 10.0 Å². The van der Waals surface area contributed by atoms with Crippen LogP contribution in [0.15, 0.2) is 24.3 Å². The average molecular weight is 223 g/mol. The molecule has 0 spiro atoms. The molecule has 2 rings (SSSR count). The van der Waals surface area contributed by atoms with Crippen LogP contribution in [0.3, 0.4) is 0 Å². The van der Waals surface area contributed by atoms with Crippen molar-refractivity contribution in [2.75, 3.05) is 6.26 Å². The predicted molar refractivity (Wildman–Crippen MR) is 61.7 cm³/mol. The Morgan fingerprint density at radius 2 is 1.80 bits per heavy atom. The summed E-state index contributed by atoms with van der Waals surface area (Å²) >= 11 is 0. The minimum atomic E-state index is -3.21. The fourth-order valence-corrected chi connectivity index (χ4v) is 2.99. The SMILES string of the molecule is Cc1ccc2c(c1)cc(C)n2S(C)(=O)=O. The highest BCUT2D eigenvalue weighted by Crippen LogP contribution is 2.22. The summed E-state index contributed by atoms with van der Waals surface area (Å²) in [7, 11) is -3.21. The lowest BCUT2D eigenvalue weighted by Gasteiger charge is -2.04. The van der Waals surface area contributed by atoms with Crippen LogP contribution >= 0.6 is 0 Å². The van der Waals surface area contributed by atoms with Gasteiger partial charge in [-0.15, -0.1) is 0 Å². The summed E-state index contributed by atoms with van der Waals surface area (Å²) in [6.07, 6.45) is 1.22. The summed E-state index contributed by atoms with van der Waals surface area (Å²) in [4.78, 5) is 0. The second kappa shape index (κ2) is 3.10. The summed E-state index contributed by atoms with van der Waals surface area (Å²) in [5.41, 5.74) is 2.63. The number of hydrogen-bond acceptors (Lipinski definition) is 2. The van der Waals surface area contributed by atoms with Gasteiger partial charge in [0, 0.05) is 11.1 Å². The van der Waals surface area contributed by atoms with Gasteiger partial charge in [-0.1, -0.05) is 11.6 Å². The van der Waals surface area contributed by atoms with Crippen molar-refractivity contribution in [2.24, 2.45) is 0 Å². The Labute approximate surface area is 89.4 Å². The quantitative estimate of drug-likeness (QED) is 0.742. The number of hydrogen-bond donors (Lipinski definition) is 0. The van der Waals surface area contributed by atoms with Crippen LogP contribution < -0.4 is 0 Å². The highest BCUT2D eigenvalue weighted by Gasteiger charge is 2.13. The first-order chi connectivity index (χ1) is 6.89. The molecule has 2 aromatic rings. The maximum absolute atomic E-state index is 11.6. The second-order valence-electron chi connectivity index (χ2n) is 3.88. The van der Waals surface area contributed by atoms with Gasteiger partial charge in [0.05, 0.1) is 11.8 Å². The van der Waals surface area contributed by atoms with E-state index in [1.165, 1.54) is 10.2 Å². The van der Waals surface area contributed by atoms with Crippen LogP contribution in [0.1, 0.15) is 11.3 Å². The molecule has 0 aliphatic carbocycles. The van der Waals surface area contributed by atoms with Crippen LogP contribution in [0, 0.1) is 13.8 Å². The molecule has 0 saturated heterocycles. The molecule has 0 bridgehead atoms. The summed E-state index contributed by atoms with van der Waals surface area (Å²) < 4.78 is 24.5. The molecule has 0 fully saturated rings. The van der Waals surface area contributed by atoms with Gasteiger partial charge < -0.3 is 0 Å². The topological polar surface area (TPSA) is 39.1 Å². The van der Waals surface area contributed by atoms with E-state index < -0.39 is 10.0 Å². The van der Waals surface area contributed by atoms with Gasteiger partial charge in [0.1, 0.15) is 0 Å². The molecule has 0 atom stereocenters. The van der Waals surface area contributed by atoms with Gasteiger partial charge in [0.2, 0.25) is 10.0 Å². The van der Waals surface area contributed by atoms with E-state index in [1.807, 2.05) is 31.2 Å². The molecular weight excluding hydrogens is 210 g/mol. The molecule has 0 unspecified atom stereocenters. The van der Waals surface area contributed by atoms with Crippen molar-refractivity contribution in [1.82, 2.24) is 3.97 Å². The van der Waals surface area contributed by atoms with Gasteiger partial charge in [-0.3, -0.25) is 0 Å². The lowest BCUT2D eigenvalue weighted by Crippen LogP contribution is -2.10. The van der Waals surface area contributed by atoms with Gasteiger partial charge in [-0.25, -0.2) is 12.4 Å². The van der Waals surface area contributed by atoms with E-state index in [1.54, 1.807) is 6.92 Å². The van der Waals surface area contributed by atoms with E-state index in [0.717, 1.165) is 22.2 Å². The molecule has 1 aromatic carbocycles. The van der Waals surface area contributed by atoms with E-state index in [9.17, 15) is 8.42 Å². The summed E-state index contributed by atoms with van der Waals surface area (Å²) in [6, 6.07) is 7.65. The first-order valence-electron chi connectivity index (χ1n) is 4.69. The molecule has 4 heteroatoms. The van der Waals surface area contributed by atoms with E-state index in [2.05, 4.69) is 0 Å². The van der Waals surface area contributed by atoms with Crippen LogP contribution in [0.5, 0.6) is 0 Å².